The molecule has 0 aromatic rings. The van der Waals surface area contributed by atoms with Gasteiger partial charge >= 0.3 is 0 Å². The molecule has 0 aromatic carbocycles. The third kappa shape index (κ3) is 2.27. The van der Waals surface area contributed by atoms with Crippen molar-refractivity contribution < 1.29 is 9.59 Å². The summed E-state index contributed by atoms with van der Waals surface area (Å²) in [6, 6.07) is 0. The number of hydrogen-bond donors (Lipinski definition) is 1. The van der Waals surface area contributed by atoms with Gasteiger partial charge in [-0.2, -0.15) is 0 Å². The summed E-state index contributed by atoms with van der Waals surface area (Å²) in [7, 11) is 0. The van der Waals surface area contributed by atoms with Crippen molar-refractivity contribution in [1.82, 2.24) is 10.2 Å². The highest BCUT2D eigenvalue weighted by Crippen LogP contribution is 2.46. The van der Waals surface area contributed by atoms with E-state index in [0.29, 0.717) is 18.3 Å². The molecule has 0 aromatic heterocycles. The van der Waals surface area contributed by atoms with Crippen molar-refractivity contribution in [2.24, 2.45) is 11.8 Å². The molecule has 2 amide bonds. The summed E-state index contributed by atoms with van der Waals surface area (Å²) in [5.41, 5.74) is -1.33. The van der Waals surface area contributed by atoms with E-state index in [4.69, 9.17) is 0 Å². The Balaban J connectivity index is 1.91. The predicted molar refractivity (Wildman–Crippen MR) is 81.6 cm³/mol. The van der Waals surface area contributed by atoms with E-state index in [0.717, 1.165) is 19.4 Å². The minimum Gasteiger partial charge on any atom is -0.340 e. The first-order chi connectivity index (χ1) is 9.91. The van der Waals surface area contributed by atoms with Gasteiger partial charge in [-0.25, -0.2) is 0 Å². The van der Waals surface area contributed by atoms with Crippen LogP contribution in [0.2, 0.25) is 0 Å². The molecule has 4 nitrogen and oxygen atoms in total. The second-order valence-corrected chi connectivity index (χ2v) is 7.63. The lowest BCUT2D eigenvalue weighted by Gasteiger charge is -2.51. The van der Waals surface area contributed by atoms with Crippen LogP contribution < -0.4 is 5.32 Å². The van der Waals surface area contributed by atoms with E-state index in [1.807, 2.05) is 25.7 Å². The average Bonchev–Trinajstić information content (AvgIpc) is 3.20. The van der Waals surface area contributed by atoms with Crippen LogP contribution in [0.4, 0.5) is 0 Å². The summed E-state index contributed by atoms with van der Waals surface area (Å²) in [4.78, 5) is 27.8. The van der Waals surface area contributed by atoms with Gasteiger partial charge in [-0.1, -0.05) is 19.8 Å². The Morgan fingerprint density at radius 1 is 1.14 bits per heavy atom. The number of amides is 2. The first-order valence-electron chi connectivity index (χ1n) is 8.56. The van der Waals surface area contributed by atoms with Crippen molar-refractivity contribution in [2.45, 2.75) is 76.8 Å². The summed E-state index contributed by atoms with van der Waals surface area (Å²) in [6.45, 7) is 6.62. The summed E-state index contributed by atoms with van der Waals surface area (Å²) < 4.78 is 0. The Bertz CT molecular complexity index is 454. The lowest BCUT2D eigenvalue weighted by molar-refractivity contribution is -0.164. The van der Waals surface area contributed by atoms with Gasteiger partial charge in [-0.15, -0.1) is 0 Å². The summed E-state index contributed by atoms with van der Waals surface area (Å²) in [5.74, 6) is 1.13. The number of nitrogens with one attached hydrogen (secondary N) is 1. The van der Waals surface area contributed by atoms with Crippen LogP contribution in [0.1, 0.15) is 65.7 Å². The number of carbonyl (C=O) groups excluding carboxylic acids is 2. The fraction of sp³-hybridized carbons (Fsp3) is 0.882. The zero-order valence-corrected chi connectivity index (χ0v) is 13.6. The Labute approximate surface area is 127 Å². The smallest absolute Gasteiger partial charge is 0.248 e. The fourth-order valence-electron chi connectivity index (χ4n) is 4.08. The first kappa shape index (κ1) is 14.9. The van der Waals surface area contributed by atoms with Gasteiger partial charge in [0.2, 0.25) is 11.8 Å². The number of nitrogens with zero attached hydrogens (tertiary/aromatic N) is 1. The van der Waals surface area contributed by atoms with Crippen molar-refractivity contribution in [3.8, 4) is 0 Å². The van der Waals surface area contributed by atoms with Crippen molar-refractivity contribution in [3.05, 3.63) is 0 Å². The van der Waals surface area contributed by atoms with Gasteiger partial charge < -0.3 is 10.2 Å². The molecule has 21 heavy (non-hydrogen) atoms. The highest BCUT2D eigenvalue weighted by Gasteiger charge is 2.59. The molecule has 2 atom stereocenters. The molecule has 0 spiro atoms. The predicted octanol–water partition coefficient (Wildman–Crippen LogP) is 2.47. The minimum absolute atomic E-state index is 0.0620. The van der Waals surface area contributed by atoms with Crippen LogP contribution in [0.15, 0.2) is 0 Å². The Kier molecular flexibility index (Phi) is 3.53. The maximum Gasteiger partial charge on any atom is 0.248 e. The van der Waals surface area contributed by atoms with Crippen LogP contribution in [-0.2, 0) is 9.59 Å². The molecule has 0 radical (unpaired) electrons. The van der Waals surface area contributed by atoms with Gasteiger partial charge in [0.1, 0.15) is 11.1 Å². The molecule has 3 rings (SSSR count). The Hall–Kier alpha value is -1.06. The molecule has 1 saturated heterocycles. The Morgan fingerprint density at radius 3 is 2.29 bits per heavy atom. The van der Waals surface area contributed by atoms with E-state index in [1.54, 1.807) is 0 Å². The quantitative estimate of drug-likeness (QED) is 0.865. The molecule has 4 heteroatoms. The lowest BCUT2D eigenvalue weighted by Crippen LogP contribution is -2.75. The lowest BCUT2D eigenvalue weighted by atomic mass is 9.82. The van der Waals surface area contributed by atoms with Crippen LogP contribution in [0.3, 0.4) is 0 Å². The zero-order chi connectivity index (χ0) is 15.3. The van der Waals surface area contributed by atoms with E-state index in [9.17, 15) is 9.59 Å². The molecule has 0 bridgehead atoms. The van der Waals surface area contributed by atoms with E-state index in [2.05, 4.69) is 5.32 Å². The van der Waals surface area contributed by atoms with Gasteiger partial charge in [0.15, 0.2) is 0 Å². The topological polar surface area (TPSA) is 49.4 Å². The standard InChI is InChI=1S/C17H28N2O2/c1-4-16(2)15(21)19(11-12-7-5-6-8-12)17(3,13-9-10-13)14(20)18-16/h12-13H,4-11H2,1-3H3,(H,18,20). The van der Waals surface area contributed by atoms with Gasteiger partial charge in [-0.05, 0) is 57.8 Å². The molecule has 1 N–H and O–H groups in total. The van der Waals surface area contributed by atoms with Gasteiger partial charge in [0.25, 0.3) is 0 Å². The van der Waals surface area contributed by atoms with Crippen LogP contribution in [0, 0.1) is 11.8 Å². The summed E-state index contributed by atoms with van der Waals surface area (Å²) in [6.07, 6.45) is 7.74. The van der Waals surface area contributed by atoms with Crippen molar-refractivity contribution >= 4 is 11.8 Å². The molecular formula is C17H28N2O2. The molecule has 2 aliphatic carbocycles. The van der Waals surface area contributed by atoms with Crippen LogP contribution >= 0.6 is 0 Å². The molecule has 3 fully saturated rings. The van der Waals surface area contributed by atoms with Crippen LogP contribution in [-0.4, -0.2) is 34.3 Å². The highest BCUT2D eigenvalue weighted by molar-refractivity contribution is 6.02. The van der Waals surface area contributed by atoms with Crippen molar-refractivity contribution in [2.75, 3.05) is 6.54 Å². The largest absolute Gasteiger partial charge is 0.340 e. The molecule has 2 unspecified atom stereocenters. The van der Waals surface area contributed by atoms with Crippen molar-refractivity contribution in [1.29, 1.82) is 0 Å². The zero-order valence-electron chi connectivity index (χ0n) is 13.6. The molecule has 1 aliphatic heterocycles. The third-order valence-electron chi connectivity index (χ3n) is 6.12. The molecular weight excluding hydrogens is 264 g/mol. The van der Waals surface area contributed by atoms with Crippen LogP contribution in [0.5, 0.6) is 0 Å². The monoisotopic (exact) mass is 292 g/mol. The number of hydrogen-bond acceptors (Lipinski definition) is 2. The second-order valence-electron chi connectivity index (χ2n) is 7.63. The van der Waals surface area contributed by atoms with E-state index < -0.39 is 11.1 Å². The second kappa shape index (κ2) is 4.99. The fourth-order valence-corrected chi connectivity index (χ4v) is 4.08. The first-order valence-corrected chi connectivity index (χ1v) is 8.56. The van der Waals surface area contributed by atoms with E-state index in [1.165, 1.54) is 25.7 Å². The van der Waals surface area contributed by atoms with Gasteiger partial charge in [-0.3, -0.25) is 9.59 Å². The third-order valence-corrected chi connectivity index (χ3v) is 6.12. The number of rotatable bonds is 4. The molecule has 2 saturated carbocycles. The molecule has 1 heterocycles. The maximum absolute atomic E-state index is 13.1. The number of piperazine rings is 1. The van der Waals surface area contributed by atoms with E-state index >= 15 is 0 Å². The van der Waals surface area contributed by atoms with E-state index in [-0.39, 0.29) is 11.8 Å². The summed E-state index contributed by atoms with van der Waals surface area (Å²) >= 11 is 0. The normalized spacial score (nSPS) is 38.0. The molecule has 3 aliphatic rings. The highest BCUT2D eigenvalue weighted by atomic mass is 16.2. The summed E-state index contributed by atoms with van der Waals surface area (Å²) in [5, 5.41) is 3.03. The minimum atomic E-state index is -0.718. The number of carbonyl (C=O) groups is 2. The molecule has 118 valence electrons. The maximum atomic E-state index is 13.1. The van der Waals surface area contributed by atoms with Crippen LogP contribution in [0.25, 0.3) is 0 Å². The van der Waals surface area contributed by atoms with Gasteiger partial charge in [0, 0.05) is 6.54 Å². The van der Waals surface area contributed by atoms with Gasteiger partial charge in [0.05, 0.1) is 0 Å². The SMILES string of the molecule is CCC1(C)NC(=O)C(C)(C2CC2)N(CC2CCCC2)C1=O. The Morgan fingerprint density at radius 2 is 1.76 bits per heavy atom. The average molecular weight is 292 g/mol. The van der Waals surface area contributed by atoms with Crippen molar-refractivity contribution in [3.63, 3.8) is 0 Å².